The number of allylic oxidation sites excluding steroid dienone is 1. The first kappa shape index (κ1) is 20.9. The number of fused-ring (bicyclic) bond motifs is 2. The van der Waals surface area contributed by atoms with Gasteiger partial charge in [0.05, 0.1) is 12.0 Å². The van der Waals surface area contributed by atoms with Gasteiger partial charge in [0.2, 0.25) is 0 Å². The molecule has 4 aliphatic rings. The molecule has 0 aromatic carbocycles. The van der Waals surface area contributed by atoms with Crippen LogP contribution in [0.4, 0.5) is 0 Å². The van der Waals surface area contributed by atoms with Gasteiger partial charge in [0.1, 0.15) is 17.3 Å². The molecule has 3 aliphatic heterocycles. The second kappa shape index (κ2) is 7.40. The Labute approximate surface area is 174 Å². The van der Waals surface area contributed by atoms with Crippen molar-refractivity contribution in [1.82, 2.24) is 0 Å². The number of carbonyl (C=O) groups excluding carboxylic acids is 2. The maximum atomic E-state index is 12.9. The average molecular weight is 405 g/mol. The smallest absolute Gasteiger partial charge is 0.309 e. The van der Waals surface area contributed by atoms with Crippen LogP contribution in [-0.4, -0.2) is 35.3 Å². The Kier molecular flexibility index (Phi) is 5.33. The number of ether oxygens (including phenoxy) is 3. The minimum absolute atomic E-state index is 0.00935. The predicted molar refractivity (Wildman–Crippen MR) is 109 cm³/mol. The zero-order valence-corrected chi connectivity index (χ0v) is 18.5. The normalized spacial score (nSPS) is 46.5. The summed E-state index contributed by atoms with van der Waals surface area (Å²) in [5, 5.41) is 0. The highest BCUT2D eigenvalue weighted by Crippen LogP contribution is 2.59. The van der Waals surface area contributed by atoms with Crippen molar-refractivity contribution in [1.29, 1.82) is 0 Å². The van der Waals surface area contributed by atoms with Crippen molar-refractivity contribution >= 4 is 11.9 Å². The van der Waals surface area contributed by atoms with Gasteiger partial charge in [-0.15, -0.1) is 0 Å². The molecule has 0 N–H and O–H groups in total. The number of esters is 2. The predicted octanol–water partition coefficient (Wildman–Crippen LogP) is 4.58. The van der Waals surface area contributed by atoms with Crippen LogP contribution in [0.3, 0.4) is 0 Å². The van der Waals surface area contributed by atoms with Gasteiger partial charge in [-0.25, -0.2) is 0 Å². The lowest BCUT2D eigenvalue weighted by molar-refractivity contribution is -0.181. The van der Waals surface area contributed by atoms with Crippen LogP contribution in [-0.2, 0) is 23.8 Å². The first-order chi connectivity index (χ1) is 13.7. The van der Waals surface area contributed by atoms with E-state index in [1.165, 1.54) is 5.57 Å². The summed E-state index contributed by atoms with van der Waals surface area (Å²) >= 11 is 0. The van der Waals surface area contributed by atoms with Gasteiger partial charge in [-0.3, -0.25) is 9.59 Å². The molecule has 2 saturated heterocycles. The lowest BCUT2D eigenvalue weighted by Gasteiger charge is -2.48. The summed E-state index contributed by atoms with van der Waals surface area (Å²) in [7, 11) is 0. The molecular formula is C24H36O5. The second-order valence-electron chi connectivity index (χ2n) is 10.3. The van der Waals surface area contributed by atoms with Gasteiger partial charge in [0, 0.05) is 18.3 Å². The zero-order valence-electron chi connectivity index (χ0n) is 18.5. The summed E-state index contributed by atoms with van der Waals surface area (Å²) in [6.07, 6.45) is 7.49. The molecule has 3 heterocycles. The van der Waals surface area contributed by atoms with Crippen molar-refractivity contribution in [2.24, 2.45) is 23.7 Å². The topological polar surface area (TPSA) is 61.8 Å². The van der Waals surface area contributed by atoms with Crippen molar-refractivity contribution in [2.75, 3.05) is 0 Å². The molecule has 4 rings (SSSR count). The van der Waals surface area contributed by atoms with Crippen molar-refractivity contribution in [2.45, 2.75) is 103 Å². The number of rotatable bonds is 3. The Morgan fingerprint density at radius 3 is 2.79 bits per heavy atom. The molecule has 1 aliphatic carbocycles. The number of carbonyl (C=O) groups is 2. The van der Waals surface area contributed by atoms with Crippen LogP contribution in [0.15, 0.2) is 11.6 Å². The number of hydrogen-bond donors (Lipinski definition) is 0. The number of hydrogen-bond acceptors (Lipinski definition) is 5. The van der Waals surface area contributed by atoms with E-state index >= 15 is 0 Å². The van der Waals surface area contributed by atoms with Crippen molar-refractivity contribution in [3.63, 3.8) is 0 Å². The maximum Gasteiger partial charge on any atom is 0.309 e. The maximum absolute atomic E-state index is 12.9. The monoisotopic (exact) mass is 404 g/mol. The van der Waals surface area contributed by atoms with E-state index in [0.717, 1.165) is 38.5 Å². The van der Waals surface area contributed by atoms with E-state index in [2.05, 4.69) is 19.9 Å². The highest BCUT2D eigenvalue weighted by molar-refractivity contribution is 5.73. The first-order valence-corrected chi connectivity index (χ1v) is 11.4. The van der Waals surface area contributed by atoms with E-state index in [4.69, 9.17) is 14.2 Å². The van der Waals surface area contributed by atoms with Gasteiger partial charge in [0.25, 0.3) is 0 Å². The molecule has 5 heteroatoms. The molecular weight excluding hydrogens is 368 g/mol. The highest BCUT2D eigenvalue weighted by Gasteiger charge is 2.66. The summed E-state index contributed by atoms with van der Waals surface area (Å²) in [6.45, 7) is 10.3. The van der Waals surface area contributed by atoms with E-state index in [1.54, 1.807) is 0 Å². The third-order valence-electron chi connectivity index (χ3n) is 8.07. The van der Waals surface area contributed by atoms with E-state index in [-0.39, 0.29) is 47.8 Å². The van der Waals surface area contributed by atoms with Crippen LogP contribution >= 0.6 is 0 Å². The van der Waals surface area contributed by atoms with E-state index in [9.17, 15) is 9.59 Å². The van der Waals surface area contributed by atoms with Gasteiger partial charge >= 0.3 is 11.9 Å². The molecule has 162 valence electrons. The van der Waals surface area contributed by atoms with Crippen molar-refractivity contribution < 1.29 is 23.8 Å². The molecule has 0 aromatic rings. The zero-order chi connectivity index (χ0) is 21.0. The quantitative estimate of drug-likeness (QED) is 0.509. The van der Waals surface area contributed by atoms with Gasteiger partial charge in [0.15, 0.2) is 0 Å². The SMILES string of the molecule is CCCC(=O)O[C@]1(C)CCC2[C@@H]3C4OC(CC(C)=CCC[C@]4(C)OC(=O)[C@@H]2C)[C@@H]31. The Morgan fingerprint density at radius 1 is 1.31 bits per heavy atom. The molecule has 0 spiro atoms. The van der Waals surface area contributed by atoms with E-state index < -0.39 is 11.2 Å². The van der Waals surface area contributed by atoms with Crippen LogP contribution in [0.25, 0.3) is 0 Å². The van der Waals surface area contributed by atoms with Crippen LogP contribution in [0.1, 0.15) is 79.6 Å². The summed E-state index contributed by atoms with van der Waals surface area (Å²) < 4.78 is 19.0. The second-order valence-corrected chi connectivity index (χ2v) is 10.3. The molecule has 3 fully saturated rings. The minimum atomic E-state index is -0.634. The Balaban J connectivity index is 1.79. The van der Waals surface area contributed by atoms with Gasteiger partial charge in [-0.05, 0) is 65.2 Å². The summed E-state index contributed by atoms with van der Waals surface area (Å²) in [5.41, 5.74) is 0.117. The fourth-order valence-corrected chi connectivity index (χ4v) is 6.60. The lowest BCUT2D eigenvalue weighted by atomic mass is 9.58. The van der Waals surface area contributed by atoms with Gasteiger partial charge in [-0.1, -0.05) is 25.5 Å². The average Bonchev–Trinajstić information content (AvgIpc) is 3.01. The molecule has 5 nitrogen and oxygen atoms in total. The van der Waals surface area contributed by atoms with Crippen LogP contribution in [0.5, 0.6) is 0 Å². The van der Waals surface area contributed by atoms with Crippen LogP contribution in [0.2, 0.25) is 0 Å². The van der Waals surface area contributed by atoms with Crippen LogP contribution in [0, 0.1) is 23.7 Å². The summed E-state index contributed by atoms with van der Waals surface area (Å²) in [6, 6.07) is 0. The molecule has 0 amide bonds. The standard InChI is InChI=1S/C24H36O5/c1-6-8-18(25)28-23(4)12-10-16-15(3)22(26)29-24(5)11-7-9-14(2)13-17-20(23)19(16)21(24)27-17/h9,15-17,19-21H,6-8,10-13H2,1-5H3/t15-,16?,17?,19+,20+,21?,23-,24+/m1/s1. The Bertz CT molecular complexity index is 714. The highest BCUT2D eigenvalue weighted by atomic mass is 16.6. The molecule has 0 radical (unpaired) electrons. The van der Waals surface area contributed by atoms with E-state index in [1.807, 2.05) is 20.8 Å². The first-order valence-electron chi connectivity index (χ1n) is 11.4. The third kappa shape index (κ3) is 3.43. The Morgan fingerprint density at radius 2 is 2.07 bits per heavy atom. The van der Waals surface area contributed by atoms with Gasteiger partial charge < -0.3 is 14.2 Å². The van der Waals surface area contributed by atoms with E-state index in [0.29, 0.717) is 6.42 Å². The molecule has 1 saturated carbocycles. The Hall–Kier alpha value is -1.36. The fraction of sp³-hybridized carbons (Fsp3) is 0.833. The summed E-state index contributed by atoms with van der Waals surface area (Å²) in [4.78, 5) is 25.4. The third-order valence-corrected chi connectivity index (χ3v) is 8.07. The molecule has 2 bridgehead atoms. The minimum Gasteiger partial charge on any atom is -0.459 e. The largest absolute Gasteiger partial charge is 0.459 e. The molecule has 29 heavy (non-hydrogen) atoms. The summed E-state index contributed by atoms with van der Waals surface area (Å²) in [5.74, 6) is 0.102. The van der Waals surface area contributed by atoms with Crippen LogP contribution < -0.4 is 0 Å². The molecule has 8 atom stereocenters. The van der Waals surface area contributed by atoms with Gasteiger partial charge in [-0.2, -0.15) is 0 Å². The van der Waals surface area contributed by atoms with Crippen molar-refractivity contribution in [3.05, 3.63) is 11.6 Å². The lowest BCUT2D eigenvalue weighted by Crippen LogP contribution is -2.54. The molecule has 3 unspecified atom stereocenters. The molecule has 0 aromatic heterocycles. The fourth-order valence-electron chi connectivity index (χ4n) is 6.60. The van der Waals surface area contributed by atoms with Crippen molar-refractivity contribution in [3.8, 4) is 0 Å².